The van der Waals surface area contributed by atoms with Crippen LogP contribution in [0.15, 0.2) is 18.2 Å². The second-order valence-electron chi connectivity index (χ2n) is 5.94. The third-order valence-electron chi connectivity index (χ3n) is 3.99. The first kappa shape index (κ1) is 14.3. The predicted molar refractivity (Wildman–Crippen MR) is 71.7 cm³/mol. The molecule has 1 aliphatic heterocycles. The Balaban J connectivity index is 2.30. The molecule has 0 aromatic heterocycles. The molecule has 1 fully saturated rings. The fourth-order valence-corrected chi connectivity index (χ4v) is 2.44. The number of amides is 1. The van der Waals surface area contributed by atoms with Crippen LogP contribution in [0.3, 0.4) is 0 Å². The highest BCUT2D eigenvalue weighted by Gasteiger charge is 2.49. The number of benzene rings is 1. The molecule has 0 spiro atoms. The summed E-state index contributed by atoms with van der Waals surface area (Å²) in [5, 5.41) is 10.6. The van der Waals surface area contributed by atoms with Gasteiger partial charge in [-0.2, -0.15) is 0 Å². The van der Waals surface area contributed by atoms with Gasteiger partial charge in [-0.1, -0.05) is 25.4 Å². The van der Waals surface area contributed by atoms with E-state index in [1.54, 1.807) is 6.92 Å². The van der Waals surface area contributed by atoms with Crippen LogP contribution in [0.5, 0.6) is 0 Å². The van der Waals surface area contributed by atoms with E-state index < -0.39 is 22.7 Å². The van der Waals surface area contributed by atoms with Crippen LogP contribution in [0.1, 0.15) is 31.1 Å². The Labute approximate surface area is 117 Å². The Hall–Kier alpha value is -1.13. The van der Waals surface area contributed by atoms with E-state index >= 15 is 0 Å². The van der Waals surface area contributed by atoms with Gasteiger partial charge in [-0.25, -0.2) is 4.39 Å². The second kappa shape index (κ2) is 4.46. The molecule has 5 heteroatoms. The maximum absolute atomic E-state index is 13.7. The van der Waals surface area contributed by atoms with Crippen molar-refractivity contribution in [1.29, 1.82) is 0 Å². The third kappa shape index (κ3) is 2.47. The topological polar surface area (TPSA) is 40.5 Å². The van der Waals surface area contributed by atoms with Crippen molar-refractivity contribution in [3.8, 4) is 0 Å². The summed E-state index contributed by atoms with van der Waals surface area (Å²) in [5.74, 6) is -1.04. The molecule has 104 valence electrons. The van der Waals surface area contributed by atoms with E-state index in [1.807, 2.05) is 13.8 Å². The lowest BCUT2D eigenvalue weighted by Gasteiger charge is -2.30. The minimum Gasteiger partial charge on any atom is -0.388 e. The monoisotopic (exact) mass is 285 g/mol. The minimum absolute atomic E-state index is 0.0546. The van der Waals surface area contributed by atoms with Crippen LogP contribution in [0.4, 0.5) is 4.39 Å². The van der Waals surface area contributed by atoms with Crippen molar-refractivity contribution in [2.75, 3.05) is 13.1 Å². The molecule has 1 heterocycles. The number of halogens is 2. The molecule has 1 N–H and O–H groups in total. The smallest absolute Gasteiger partial charge is 0.257 e. The highest BCUT2D eigenvalue weighted by Crippen LogP contribution is 2.39. The van der Waals surface area contributed by atoms with Crippen molar-refractivity contribution in [2.24, 2.45) is 5.41 Å². The van der Waals surface area contributed by atoms with Gasteiger partial charge >= 0.3 is 0 Å². The molecule has 1 saturated heterocycles. The summed E-state index contributed by atoms with van der Waals surface area (Å²) in [5.41, 5.74) is -1.48. The molecular weight excluding hydrogens is 269 g/mol. The average Bonchev–Trinajstić information content (AvgIpc) is 2.51. The van der Waals surface area contributed by atoms with Crippen molar-refractivity contribution in [3.05, 3.63) is 34.6 Å². The number of likely N-dealkylation sites (tertiary alicyclic amines) is 1. The van der Waals surface area contributed by atoms with E-state index in [9.17, 15) is 14.3 Å². The van der Waals surface area contributed by atoms with Crippen LogP contribution in [0, 0.1) is 11.2 Å². The highest BCUT2D eigenvalue weighted by molar-refractivity contribution is 6.31. The van der Waals surface area contributed by atoms with E-state index in [1.165, 1.54) is 23.1 Å². The summed E-state index contributed by atoms with van der Waals surface area (Å²) in [7, 11) is 0. The molecule has 2 rings (SSSR count). The molecule has 0 aliphatic carbocycles. The van der Waals surface area contributed by atoms with Crippen LogP contribution in [0.25, 0.3) is 0 Å². The third-order valence-corrected chi connectivity index (χ3v) is 4.22. The molecular formula is C14H17ClFNO2. The molecule has 0 bridgehead atoms. The number of hydrogen-bond acceptors (Lipinski definition) is 2. The number of β-amino-alcohol motifs (C(OH)–C–C–N with tert-alkyl or cyclic N) is 1. The predicted octanol–water partition coefficient (Wildman–Crippen LogP) is 2.71. The summed E-state index contributed by atoms with van der Waals surface area (Å²) in [6, 6.07) is 3.89. The number of carbonyl (C=O) groups excluding carboxylic acids is 1. The first-order valence-corrected chi connectivity index (χ1v) is 6.48. The van der Waals surface area contributed by atoms with Crippen LogP contribution < -0.4 is 0 Å². The highest BCUT2D eigenvalue weighted by atomic mass is 35.5. The Bertz CT molecular complexity index is 512. The Kier molecular flexibility index (Phi) is 3.35. The minimum atomic E-state index is -0.988. The first-order chi connectivity index (χ1) is 8.64. The maximum atomic E-state index is 13.7. The molecule has 1 aromatic rings. The van der Waals surface area contributed by atoms with Crippen molar-refractivity contribution in [3.63, 3.8) is 0 Å². The van der Waals surface area contributed by atoms with Gasteiger partial charge in [0.1, 0.15) is 5.82 Å². The number of aliphatic hydroxyl groups is 1. The molecule has 1 amide bonds. The van der Waals surface area contributed by atoms with Gasteiger partial charge in [0, 0.05) is 17.0 Å². The average molecular weight is 286 g/mol. The van der Waals surface area contributed by atoms with Crippen molar-refractivity contribution in [1.82, 2.24) is 4.90 Å². The number of nitrogens with zero attached hydrogens (tertiary/aromatic N) is 1. The Morgan fingerprint density at radius 1 is 1.37 bits per heavy atom. The van der Waals surface area contributed by atoms with E-state index in [4.69, 9.17) is 11.6 Å². The van der Waals surface area contributed by atoms with Crippen LogP contribution in [0.2, 0.25) is 5.02 Å². The number of carbonyl (C=O) groups is 1. The molecule has 0 radical (unpaired) electrons. The molecule has 19 heavy (non-hydrogen) atoms. The zero-order valence-corrected chi connectivity index (χ0v) is 12.0. The van der Waals surface area contributed by atoms with Gasteiger partial charge in [0.05, 0.1) is 17.7 Å². The fourth-order valence-electron chi connectivity index (χ4n) is 2.26. The summed E-state index contributed by atoms with van der Waals surface area (Å²) in [6.07, 6.45) is 0. The Morgan fingerprint density at radius 2 is 2.00 bits per heavy atom. The van der Waals surface area contributed by atoms with Gasteiger partial charge in [-0.15, -0.1) is 0 Å². The number of rotatable bonds is 1. The molecule has 1 aliphatic rings. The van der Waals surface area contributed by atoms with Gasteiger partial charge in [-0.05, 0) is 25.1 Å². The van der Waals surface area contributed by atoms with Gasteiger partial charge < -0.3 is 10.0 Å². The standard InChI is InChI=1S/C14H17ClFNO2/c1-13(2)7-17(8-14(13,3)19)12(18)10-6-9(15)4-5-11(10)16/h4-6,19H,7-8H2,1-3H3/t14-/m0/s1. The summed E-state index contributed by atoms with van der Waals surface area (Å²) < 4.78 is 13.7. The van der Waals surface area contributed by atoms with E-state index in [0.29, 0.717) is 11.6 Å². The second-order valence-corrected chi connectivity index (χ2v) is 6.38. The lowest BCUT2D eigenvalue weighted by molar-refractivity contribution is -0.0108. The lowest BCUT2D eigenvalue weighted by atomic mass is 9.79. The molecule has 0 saturated carbocycles. The van der Waals surface area contributed by atoms with Crippen molar-refractivity contribution in [2.45, 2.75) is 26.4 Å². The lowest BCUT2D eigenvalue weighted by Crippen LogP contribution is -2.40. The fraction of sp³-hybridized carbons (Fsp3) is 0.500. The Morgan fingerprint density at radius 3 is 2.53 bits per heavy atom. The van der Waals surface area contributed by atoms with Gasteiger partial charge in [0.25, 0.3) is 5.91 Å². The molecule has 1 aromatic carbocycles. The summed E-state index contributed by atoms with van der Waals surface area (Å²) in [6.45, 7) is 6.02. The van der Waals surface area contributed by atoms with E-state index in [0.717, 1.165) is 0 Å². The van der Waals surface area contributed by atoms with Gasteiger partial charge in [0.2, 0.25) is 0 Å². The van der Waals surface area contributed by atoms with Crippen molar-refractivity contribution < 1.29 is 14.3 Å². The zero-order valence-electron chi connectivity index (χ0n) is 11.2. The molecule has 0 unspecified atom stereocenters. The largest absolute Gasteiger partial charge is 0.388 e. The van der Waals surface area contributed by atoms with E-state index in [-0.39, 0.29) is 12.1 Å². The maximum Gasteiger partial charge on any atom is 0.257 e. The summed E-state index contributed by atoms with van der Waals surface area (Å²) in [4.78, 5) is 13.8. The molecule has 1 atom stereocenters. The SMILES string of the molecule is CC1(C)CN(C(=O)c2cc(Cl)ccc2F)C[C@]1(C)O. The normalized spacial score (nSPS) is 25.7. The zero-order chi connectivity index (χ0) is 14.4. The quantitative estimate of drug-likeness (QED) is 0.862. The van der Waals surface area contributed by atoms with Crippen LogP contribution in [-0.4, -0.2) is 34.6 Å². The van der Waals surface area contributed by atoms with Crippen molar-refractivity contribution >= 4 is 17.5 Å². The van der Waals surface area contributed by atoms with E-state index in [2.05, 4.69) is 0 Å². The van der Waals surface area contributed by atoms with Crippen LogP contribution in [-0.2, 0) is 0 Å². The van der Waals surface area contributed by atoms with Gasteiger partial charge in [0.15, 0.2) is 0 Å². The number of hydrogen-bond donors (Lipinski definition) is 1. The summed E-state index contributed by atoms with van der Waals surface area (Å²) >= 11 is 5.79. The van der Waals surface area contributed by atoms with Crippen LogP contribution >= 0.6 is 11.6 Å². The first-order valence-electron chi connectivity index (χ1n) is 6.11. The molecule has 3 nitrogen and oxygen atoms in total. The van der Waals surface area contributed by atoms with Gasteiger partial charge in [-0.3, -0.25) is 4.79 Å².